The first kappa shape index (κ1) is 16.7. The third-order valence-electron chi connectivity index (χ3n) is 3.72. The molecule has 0 saturated carbocycles. The Morgan fingerprint density at radius 3 is 2.65 bits per heavy atom. The second kappa shape index (κ2) is 7.54. The number of aldehydes is 1. The Hall–Kier alpha value is -2.69. The van der Waals surface area contributed by atoms with E-state index in [2.05, 4.69) is 17.0 Å². The Balaban J connectivity index is 2.28. The molecule has 5 nitrogen and oxygen atoms in total. The normalized spacial score (nSPS) is 10.3. The van der Waals surface area contributed by atoms with Gasteiger partial charge in [-0.1, -0.05) is 29.8 Å². The van der Waals surface area contributed by atoms with Crippen LogP contribution in [0.3, 0.4) is 0 Å². The van der Waals surface area contributed by atoms with E-state index in [1.165, 1.54) is 17.2 Å². The van der Waals surface area contributed by atoms with Crippen LogP contribution < -0.4 is 4.90 Å². The number of hydrogen-bond donors (Lipinski definition) is 0. The Labute approximate surface area is 135 Å². The van der Waals surface area contributed by atoms with Crippen LogP contribution in [-0.2, 0) is 17.8 Å². The van der Waals surface area contributed by atoms with E-state index in [-0.39, 0.29) is 5.69 Å². The zero-order valence-electron chi connectivity index (χ0n) is 13.4. The number of benzene rings is 2. The van der Waals surface area contributed by atoms with Crippen LogP contribution in [0.4, 0.5) is 11.4 Å². The fraction of sp³-hybridized carbons (Fsp3) is 0.278. The van der Waals surface area contributed by atoms with E-state index in [1.54, 1.807) is 12.1 Å². The van der Waals surface area contributed by atoms with Crippen molar-refractivity contribution in [1.29, 1.82) is 0 Å². The largest absolute Gasteiger partial charge is 0.370 e. The van der Waals surface area contributed by atoms with Gasteiger partial charge in [-0.25, -0.2) is 0 Å². The first-order valence-electron chi connectivity index (χ1n) is 7.49. The Morgan fingerprint density at radius 1 is 1.22 bits per heavy atom. The number of anilines is 1. The summed E-state index contributed by atoms with van der Waals surface area (Å²) in [6.45, 7) is 2.75. The molecular weight excluding hydrogens is 292 g/mol. The quantitative estimate of drug-likeness (QED) is 0.444. The van der Waals surface area contributed by atoms with E-state index < -0.39 is 4.92 Å². The maximum absolute atomic E-state index is 11.0. The molecule has 0 atom stereocenters. The summed E-state index contributed by atoms with van der Waals surface area (Å²) < 4.78 is 0. The van der Waals surface area contributed by atoms with Crippen LogP contribution in [0.1, 0.15) is 23.1 Å². The van der Waals surface area contributed by atoms with Gasteiger partial charge in [0.25, 0.3) is 5.69 Å². The Kier molecular flexibility index (Phi) is 5.46. The summed E-state index contributed by atoms with van der Waals surface area (Å²) in [4.78, 5) is 23.3. The lowest BCUT2D eigenvalue weighted by Crippen LogP contribution is -2.18. The first-order valence-corrected chi connectivity index (χ1v) is 7.49. The van der Waals surface area contributed by atoms with Gasteiger partial charge in [-0.15, -0.1) is 0 Å². The summed E-state index contributed by atoms with van der Waals surface area (Å²) in [5, 5.41) is 11.0. The molecule has 0 N–H and O–H groups in total. The van der Waals surface area contributed by atoms with Crippen LogP contribution >= 0.6 is 0 Å². The molecule has 23 heavy (non-hydrogen) atoms. The lowest BCUT2D eigenvalue weighted by atomic mass is 10.0. The number of nitro benzene ring substituents is 1. The number of nitrogens with zero attached hydrogens (tertiary/aromatic N) is 2. The summed E-state index contributed by atoms with van der Waals surface area (Å²) in [7, 11) is 1.95. The topological polar surface area (TPSA) is 63.4 Å². The smallest absolute Gasteiger partial charge is 0.269 e. The van der Waals surface area contributed by atoms with Gasteiger partial charge >= 0.3 is 0 Å². The van der Waals surface area contributed by atoms with Crippen molar-refractivity contribution in [2.45, 2.75) is 26.3 Å². The minimum atomic E-state index is -0.408. The lowest BCUT2D eigenvalue weighted by molar-refractivity contribution is -0.384. The Morgan fingerprint density at radius 2 is 2.00 bits per heavy atom. The predicted octanol–water partition coefficient (Wildman–Crippen LogP) is 3.67. The molecule has 0 aliphatic heterocycles. The second-order valence-electron chi connectivity index (χ2n) is 5.62. The number of carbonyl (C=O) groups excluding carboxylic acids is 1. The molecule has 2 aromatic carbocycles. The van der Waals surface area contributed by atoms with Crippen molar-refractivity contribution in [2.24, 2.45) is 0 Å². The SMILES string of the molecule is Cc1cccc(CN(C)c2ccc([N+](=O)[O-])cc2CCC=O)c1. The third-order valence-corrected chi connectivity index (χ3v) is 3.72. The fourth-order valence-electron chi connectivity index (χ4n) is 2.64. The maximum atomic E-state index is 11.0. The maximum Gasteiger partial charge on any atom is 0.269 e. The molecule has 0 spiro atoms. The van der Waals surface area contributed by atoms with E-state index in [0.29, 0.717) is 19.4 Å². The van der Waals surface area contributed by atoms with Crippen molar-refractivity contribution in [1.82, 2.24) is 0 Å². The van der Waals surface area contributed by atoms with Gasteiger partial charge in [0.15, 0.2) is 0 Å². The minimum absolute atomic E-state index is 0.0543. The Bertz CT molecular complexity index is 713. The second-order valence-corrected chi connectivity index (χ2v) is 5.62. The van der Waals surface area contributed by atoms with Gasteiger partial charge in [0.1, 0.15) is 6.29 Å². The number of hydrogen-bond acceptors (Lipinski definition) is 4. The zero-order valence-corrected chi connectivity index (χ0v) is 13.4. The zero-order chi connectivity index (χ0) is 16.8. The van der Waals surface area contributed by atoms with Gasteiger partial charge in [0, 0.05) is 37.8 Å². The van der Waals surface area contributed by atoms with Gasteiger partial charge < -0.3 is 9.69 Å². The summed E-state index contributed by atoms with van der Waals surface area (Å²) in [5.74, 6) is 0. The van der Waals surface area contributed by atoms with E-state index in [1.807, 2.05) is 26.1 Å². The van der Waals surface area contributed by atoms with Crippen molar-refractivity contribution in [2.75, 3.05) is 11.9 Å². The van der Waals surface area contributed by atoms with Gasteiger partial charge in [-0.3, -0.25) is 10.1 Å². The van der Waals surface area contributed by atoms with Gasteiger partial charge in [0.2, 0.25) is 0 Å². The molecule has 5 heteroatoms. The van der Waals surface area contributed by atoms with Crippen LogP contribution in [0.2, 0.25) is 0 Å². The fourth-order valence-corrected chi connectivity index (χ4v) is 2.64. The van der Waals surface area contributed by atoms with Crippen molar-refractivity contribution < 1.29 is 9.72 Å². The standard InChI is InChI=1S/C18H20N2O3/c1-14-5-3-6-15(11-14)13-19(2)18-9-8-17(20(22)23)12-16(18)7-4-10-21/h3,5-6,8-12H,4,7,13H2,1-2H3. The minimum Gasteiger partial charge on any atom is -0.370 e. The highest BCUT2D eigenvalue weighted by Crippen LogP contribution is 2.27. The number of aryl methyl sites for hydroxylation is 2. The summed E-state index contributed by atoms with van der Waals surface area (Å²) in [5.41, 5.74) is 4.16. The van der Waals surface area contributed by atoms with Crippen LogP contribution in [0.5, 0.6) is 0 Å². The highest BCUT2D eigenvalue weighted by atomic mass is 16.6. The molecule has 0 aromatic heterocycles. The highest BCUT2D eigenvalue weighted by molar-refractivity contribution is 5.60. The lowest BCUT2D eigenvalue weighted by Gasteiger charge is -2.22. The van der Waals surface area contributed by atoms with Crippen LogP contribution in [0.15, 0.2) is 42.5 Å². The molecular formula is C18H20N2O3. The molecule has 0 radical (unpaired) electrons. The molecule has 0 heterocycles. The van der Waals surface area contributed by atoms with Crippen molar-refractivity contribution in [3.05, 3.63) is 69.3 Å². The summed E-state index contributed by atoms with van der Waals surface area (Å²) in [6.07, 6.45) is 1.69. The molecule has 2 aromatic rings. The molecule has 120 valence electrons. The van der Waals surface area contributed by atoms with E-state index >= 15 is 0 Å². The molecule has 0 amide bonds. The van der Waals surface area contributed by atoms with Gasteiger partial charge in [-0.05, 0) is 30.5 Å². The molecule has 0 unspecified atom stereocenters. The predicted molar refractivity (Wildman–Crippen MR) is 90.8 cm³/mol. The molecule has 2 rings (SSSR count). The number of non-ortho nitro benzene ring substituents is 1. The number of nitro groups is 1. The first-order chi connectivity index (χ1) is 11.0. The van der Waals surface area contributed by atoms with Gasteiger partial charge in [-0.2, -0.15) is 0 Å². The van der Waals surface area contributed by atoms with Crippen molar-refractivity contribution in [3.63, 3.8) is 0 Å². The summed E-state index contributed by atoms with van der Waals surface area (Å²) >= 11 is 0. The molecule has 0 fully saturated rings. The summed E-state index contributed by atoms with van der Waals surface area (Å²) in [6, 6.07) is 13.1. The van der Waals surface area contributed by atoms with Crippen molar-refractivity contribution in [3.8, 4) is 0 Å². The average molecular weight is 312 g/mol. The van der Waals surface area contributed by atoms with Crippen LogP contribution in [0, 0.1) is 17.0 Å². The molecule has 0 saturated heterocycles. The monoisotopic (exact) mass is 312 g/mol. The van der Waals surface area contributed by atoms with E-state index in [9.17, 15) is 14.9 Å². The molecule has 0 aliphatic carbocycles. The van der Waals surface area contributed by atoms with E-state index in [4.69, 9.17) is 0 Å². The number of carbonyl (C=O) groups is 1. The number of rotatable bonds is 7. The van der Waals surface area contributed by atoms with Crippen LogP contribution in [-0.4, -0.2) is 18.3 Å². The molecule has 0 aliphatic rings. The van der Waals surface area contributed by atoms with E-state index in [0.717, 1.165) is 17.5 Å². The average Bonchev–Trinajstić information content (AvgIpc) is 2.52. The highest BCUT2D eigenvalue weighted by Gasteiger charge is 2.13. The third kappa shape index (κ3) is 4.39. The molecule has 0 bridgehead atoms. The van der Waals surface area contributed by atoms with Crippen molar-refractivity contribution >= 4 is 17.7 Å². The van der Waals surface area contributed by atoms with Crippen LogP contribution in [0.25, 0.3) is 0 Å². The van der Waals surface area contributed by atoms with Gasteiger partial charge in [0.05, 0.1) is 4.92 Å².